The van der Waals surface area contributed by atoms with Crippen molar-refractivity contribution in [3.8, 4) is 0 Å². The van der Waals surface area contributed by atoms with Gasteiger partial charge in [0.15, 0.2) is 0 Å². The van der Waals surface area contributed by atoms with Gasteiger partial charge < -0.3 is 10.1 Å². The molecule has 6 nitrogen and oxygen atoms in total. The number of nitrogens with one attached hydrogen (secondary N) is 1. The Morgan fingerprint density at radius 3 is 3.05 bits per heavy atom. The normalized spacial score (nSPS) is 17.0. The second-order valence-electron chi connectivity index (χ2n) is 4.99. The summed E-state index contributed by atoms with van der Waals surface area (Å²) in [7, 11) is 3.13. The number of rotatable bonds is 2. The molecule has 108 valence electrons. The van der Waals surface area contributed by atoms with Gasteiger partial charge in [-0.05, 0) is 17.7 Å². The first-order chi connectivity index (χ1) is 10.1. The number of carbonyl (C=O) groups is 2. The molecule has 0 fully saturated rings. The molecule has 0 saturated carbocycles. The predicted molar refractivity (Wildman–Crippen MR) is 76.1 cm³/mol. The average molecular weight is 285 g/mol. The standard InChI is InChI=1S/C15H15N3O3/c1-18-14-12(8-16-18)11(7-13(19)17-14)9-4-3-5-10(6-9)15(20)21-2/h3-6,8,11H,7H2,1-2H3,(H,17,19). The molecule has 1 unspecified atom stereocenters. The van der Waals surface area contributed by atoms with Crippen molar-refractivity contribution in [2.24, 2.45) is 7.05 Å². The highest BCUT2D eigenvalue weighted by molar-refractivity contribution is 5.94. The number of methoxy groups -OCH3 is 1. The molecule has 2 heterocycles. The molecule has 1 amide bonds. The minimum atomic E-state index is -0.386. The number of benzene rings is 1. The van der Waals surface area contributed by atoms with Crippen LogP contribution in [0.5, 0.6) is 0 Å². The first kappa shape index (κ1) is 13.4. The van der Waals surface area contributed by atoms with E-state index in [1.165, 1.54) is 7.11 Å². The highest BCUT2D eigenvalue weighted by Gasteiger charge is 2.29. The number of aromatic nitrogens is 2. The van der Waals surface area contributed by atoms with Gasteiger partial charge in [-0.3, -0.25) is 9.48 Å². The lowest BCUT2D eigenvalue weighted by molar-refractivity contribution is -0.116. The van der Waals surface area contributed by atoms with E-state index in [9.17, 15) is 9.59 Å². The SMILES string of the molecule is COC(=O)c1cccc(C2CC(=O)Nc3c2cnn3C)c1. The van der Waals surface area contributed by atoms with E-state index in [0.29, 0.717) is 17.8 Å². The van der Waals surface area contributed by atoms with E-state index in [4.69, 9.17) is 4.74 Å². The molecule has 1 aliphatic rings. The summed E-state index contributed by atoms with van der Waals surface area (Å²) in [5.74, 6) is 0.162. The summed E-state index contributed by atoms with van der Waals surface area (Å²) in [4.78, 5) is 23.5. The highest BCUT2D eigenvalue weighted by atomic mass is 16.5. The van der Waals surface area contributed by atoms with E-state index in [-0.39, 0.29) is 17.8 Å². The summed E-state index contributed by atoms with van der Waals surface area (Å²) in [6.45, 7) is 0. The quantitative estimate of drug-likeness (QED) is 0.852. The van der Waals surface area contributed by atoms with E-state index in [0.717, 1.165) is 11.1 Å². The molecule has 0 bridgehead atoms. The molecule has 1 aromatic heterocycles. The van der Waals surface area contributed by atoms with Crippen molar-refractivity contribution in [2.75, 3.05) is 12.4 Å². The van der Waals surface area contributed by atoms with Gasteiger partial charge in [-0.25, -0.2) is 4.79 Å². The molecular weight excluding hydrogens is 270 g/mol. The molecule has 1 N–H and O–H groups in total. The van der Waals surface area contributed by atoms with Gasteiger partial charge in [0.05, 0.1) is 18.9 Å². The van der Waals surface area contributed by atoms with Crippen LogP contribution in [0.4, 0.5) is 5.82 Å². The number of hydrogen-bond donors (Lipinski definition) is 1. The fourth-order valence-electron chi connectivity index (χ4n) is 2.64. The highest BCUT2D eigenvalue weighted by Crippen LogP contribution is 2.36. The fraction of sp³-hybridized carbons (Fsp3) is 0.267. The molecule has 6 heteroatoms. The number of carbonyl (C=O) groups excluding carboxylic acids is 2. The fourth-order valence-corrected chi connectivity index (χ4v) is 2.64. The van der Waals surface area contributed by atoms with Crippen LogP contribution in [0.15, 0.2) is 30.5 Å². The van der Waals surface area contributed by atoms with Gasteiger partial charge in [-0.15, -0.1) is 0 Å². The Hall–Kier alpha value is -2.63. The molecule has 1 atom stereocenters. The Kier molecular flexibility index (Phi) is 3.21. The molecule has 1 aliphatic heterocycles. The van der Waals surface area contributed by atoms with Gasteiger partial charge in [-0.1, -0.05) is 12.1 Å². The zero-order valence-corrected chi connectivity index (χ0v) is 11.8. The van der Waals surface area contributed by atoms with Crippen molar-refractivity contribution in [3.05, 3.63) is 47.2 Å². The number of anilines is 1. The maximum absolute atomic E-state index is 11.9. The van der Waals surface area contributed by atoms with E-state index in [2.05, 4.69) is 10.4 Å². The van der Waals surface area contributed by atoms with Gasteiger partial charge in [0, 0.05) is 24.9 Å². The molecular formula is C15H15N3O3. The molecule has 1 aromatic carbocycles. The molecule has 0 saturated heterocycles. The zero-order valence-electron chi connectivity index (χ0n) is 11.8. The monoisotopic (exact) mass is 285 g/mol. The third-order valence-corrected chi connectivity index (χ3v) is 3.70. The Morgan fingerprint density at radius 1 is 1.48 bits per heavy atom. The minimum Gasteiger partial charge on any atom is -0.465 e. The molecule has 0 aliphatic carbocycles. The molecule has 3 rings (SSSR count). The lowest BCUT2D eigenvalue weighted by Gasteiger charge is -2.23. The third kappa shape index (κ3) is 2.29. The number of ether oxygens (including phenoxy) is 1. The predicted octanol–water partition coefficient (Wildman–Crippen LogP) is 1.68. The lowest BCUT2D eigenvalue weighted by Crippen LogP contribution is -2.24. The maximum atomic E-state index is 11.9. The number of aryl methyl sites for hydroxylation is 1. The molecule has 0 spiro atoms. The van der Waals surface area contributed by atoms with Gasteiger partial charge in [-0.2, -0.15) is 5.10 Å². The van der Waals surface area contributed by atoms with Crippen LogP contribution in [0, 0.1) is 0 Å². The number of fused-ring (bicyclic) bond motifs is 1. The van der Waals surface area contributed by atoms with Crippen molar-refractivity contribution in [1.29, 1.82) is 0 Å². The van der Waals surface area contributed by atoms with Crippen molar-refractivity contribution < 1.29 is 14.3 Å². The van der Waals surface area contributed by atoms with Crippen LogP contribution in [-0.4, -0.2) is 28.8 Å². The summed E-state index contributed by atoms with van der Waals surface area (Å²) in [5, 5.41) is 7.02. The summed E-state index contributed by atoms with van der Waals surface area (Å²) in [5.41, 5.74) is 2.34. The van der Waals surface area contributed by atoms with Gasteiger partial charge in [0.25, 0.3) is 0 Å². The van der Waals surface area contributed by atoms with E-state index >= 15 is 0 Å². The van der Waals surface area contributed by atoms with Gasteiger partial charge in [0.1, 0.15) is 5.82 Å². The topological polar surface area (TPSA) is 73.2 Å². The van der Waals surface area contributed by atoms with Crippen LogP contribution < -0.4 is 5.32 Å². The molecule has 0 radical (unpaired) electrons. The van der Waals surface area contributed by atoms with E-state index in [1.807, 2.05) is 6.07 Å². The lowest BCUT2D eigenvalue weighted by atomic mass is 9.86. The number of amides is 1. The summed E-state index contributed by atoms with van der Waals surface area (Å²) >= 11 is 0. The van der Waals surface area contributed by atoms with Crippen molar-refractivity contribution in [2.45, 2.75) is 12.3 Å². The minimum absolute atomic E-state index is 0.0560. The number of esters is 1. The Morgan fingerprint density at radius 2 is 2.29 bits per heavy atom. The van der Waals surface area contributed by atoms with Crippen molar-refractivity contribution in [1.82, 2.24) is 9.78 Å². The molecule has 21 heavy (non-hydrogen) atoms. The van der Waals surface area contributed by atoms with Gasteiger partial charge >= 0.3 is 5.97 Å². The largest absolute Gasteiger partial charge is 0.465 e. The average Bonchev–Trinajstić information content (AvgIpc) is 2.87. The number of hydrogen-bond acceptors (Lipinski definition) is 4. The number of nitrogens with zero attached hydrogens (tertiary/aromatic N) is 2. The van der Waals surface area contributed by atoms with Gasteiger partial charge in [0.2, 0.25) is 5.91 Å². The second kappa shape index (κ2) is 5.05. The smallest absolute Gasteiger partial charge is 0.337 e. The Labute approximate surface area is 121 Å². The van der Waals surface area contributed by atoms with Crippen LogP contribution in [-0.2, 0) is 16.6 Å². The summed E-state index contributed by atoms with van der Waals surface area (Å²) in [6, 6.07) is 7.17. The summed E-state index contributed by atoms with van der Waals surface area (Å²) < 4.78 is 6.38. The zero-order chi connectivity index (χ0) is 15.0. The first-order valence-corrected chi connectivity index (χ1v) is 6.60. The third-order valence-electron chi connectivity index (χ3n) is 3.70. The van der Waals surface area contributed by atoms with Crippen LogP contribution in [0.25, 0.3) is 0 Å². The second-order valence-corrected chi connectivity index (χ2v) is 4.99. The van der Waals surface area contributed by atoms with Crippen molar-refractivity contribution >= 4 is 17.7 Å². The maximum Gasteiger partial charge on any atom is 0.337 e. The summed E-state index contributed by atoms with van der Waals surface area (Å²) in [6.07, 6.45) is 2.09. The van der Waals surface area contributed by atoms with Crippen LogP contribution >= 0.6 is 0 Å². The van der Waals surface area contributed by atoms with E-state index in [1.54, 1.807) is 36.1 Å². The first-order valence-electron chi connectivity index (χ1n) is 6.60. The van der Waals surface area contributed by atoms with E-state index < -0.39 is 0 Å². The van der Waals surface area contributed by atoms with Crippen LogP contribution in [0.1, 0.15) is 33.8 Å². The van der Waals surface area contributed by atoms with Crippen LogP contribution in [0.3, 0.4) is 0 Å². The Balaban J connectivity index is 2.04. The Bertz CT molecular complexity index is 721. The molecule has 2 aromatic rings. The van der Waals surface area contributed by atoms with Crippen molar-refractivity contribution in [3.63, 3.8) is 0 Å². The van der Waals surface area contributed by atoms with Crippen LogP contribution in [0.2, 0.25) is 0 Å².